The van der Waals surface area contributed by atoms with Crippen molar-refractivity contribution in [2.75, 3.05) is 5.32 Å². The average Bonchev–Trinajstić information content (AvgIpc) is 3.11. The highest BCUT2D eigenvalue weighted by Gasteiger charge is 2.13. The highest BCUT2D eigenvalue weighted by molar-refractivity contribution is 6.10. The van der Waals surface area contributed by atoms with Crippen LogP contribution in [0.3, 0.4) is 0 Å². The Morgan fingerprint density at radius 1 is 1.10 bits per heavy atom. The molecule has 4 aromatic rings. The Morgan fingerprint density at radius 2 is 1.87 bits per heavy atom. The molecule has 3 aromatic carbocycles. The predicted molar refractivity (Wildman–Crippen MR) is 121 cm³/mol. The van der Waals surface area contributed by atoms with E-state index in [9.17, 15) is 14.4 Å². The molecule has 1 N–H and O–H groups in total. The van der Waals surface area contributed by atoms with Gasteiger partial charge in [-0.1, -0.05) is 48.0 Å². The van der Waals surface area contributed by atoms with Gasteiger partial charge in [-0.05, 0) is 48.9 Å². The number of carbonyl (C=O) groups excluding carboxylic acids is 1. The van der Waals surface area contributed by atoms with E-state index in [4.69, 9.17) is 0 Å². The van der Waals surface area contributed by atoms with Crippen molar-refractivity contribution in [3.8, 4) is 6.07 Å². The second-order valence-electron chi connectivity index (χ2n) is 7.35. The summed E-state index contributed by atoms with van der Waals surface area (Å²) in [4.78, 5) is 12.6. The summed E-state index contributed by atoms with van der Waals surface area (Å²) in [5, 5.41) is 13.2. The molecule has 0 spiro atoms. The van der Waals surface area contributed by atoms with E-state index >= 15 is 0 Å². The second-order valence-corrected chi connectivity index (χ2v) is 7.35. The van der Waals surface area contributed by atoms with Crippen LogP contribution in [-0.4, -0.2) is 10.5 Å². The van der Waals surface area contributed by atoms with Crippen LogP contribution in [0.25, 0.3) is 17.0 Å². The summed E-state index contributed by atoms with van der Waals surface area (Å²) in [6, 6.07) is 23.6. The number of hydrogen-bond acceptors (Lipinski definition) is 2. The number of amides is 1. The van der Waals surface area contributed by atoms with Crippen LogP contribution in [0.15, 0.2) is 84.6 Å². The summed E-state index contributed by atoms with van der Waals surface area (Å²) in [6.07, 6.45) is 3.55. The number of rotatable bonds is 5. The summed E-state index contributed by atoms with van der Waals surface area (Å²) < 4.78 is 15.2. The lowest BCUT2D eigenvalue weighted by Gasteiger charge is -2.06. The van der Waals surface area contributed by atoms with E-state index in [1.54, 1.807) is 6.08 Å². The largest absolute Gasteiger partial charge is 0.342 e. The zero-order chi connectivity index (χ0) is 21.8. The maximum absolute atomic E-state index is 13.1. The number of anilines is 1. The number of halogens is 1. The topological polar surface area (TPSA) is 57.8 Å². The minimum Gasteiger partial charge on any atom is -0.342 e. The second kappa shape index (κ2) is 8.68. The van der Waals surface area contributed by atoms with Gasteiger partial charge in [0.05, 0.1) is 0 Å². The fourth-order valence-corrected chi connectivity index (χ4v) is 3.56. The molecule has 1 amide bonds. The molecule has 152 valence electrons. The predicted octanol–water partition coefficient (Wildman–Crippen LogP) is 5.68. The first kappa shape index (κ1) is 20.1. The summed E-state index contributed by atoms with van der Waals surface area (Å²) in [5.74, 6) is -0.930. The normalized spacial score (nSPS) is 11.3. The molecule has 0 fully saturated rings. The first-order valence-corrected chi connectivity index (χ1v) is 9.85. The summed E-state index contributed by atoms with van der Waals surface area (Å²) >= 11 is 0. The van der Waals surface area contributed by atoms with Crippen LogP contribution in [0.1, 0.15) is 16.7 Å². The molecule has 0 saturated carbocycles. The van der Waals surface area contributed by atoms with Crippen LogP contribution < -0.4 is 5.32 Å². The third-order valence-electron chi connectivity index (χ3n) is 5.02. The molecule has 0 unspecified atom stereocenters. The van der Waals surface area contributed by atoms with E-state index in [0.717, 1.165) is 16.5 Å². The molecule has 1 aromatic heterocycles. The van der Waals surface area contributed by atoms with Gasteiger partial charge in [0.25, 0.3) is 5.91 Å². The monoisotopic (exact) mass is 409 g/mol. The quantitative estimate of drug-likeness (QED) is 0.340. The van der Waals surface area contributed by atoms with Crippen molar-refractivity contribution in [3.63, 3.8) is 0 Å². The zero-order valence-corrected chi connectivity index (χ0v) is 17.0. The van der Waals surface area contributed by atoms with Gasteiger partial charge in [-0.15, -0.1) is 0 Å². The maximum Gasteiger partial charge on any atom is 0.266 e. The molecule has 0 aliphatic rings. The van der Waals surface area contributed by atoms with E-state index in [0.29, 0.717) is 12.2 Å². The highest BCUT2D eigenvalue weighted by Crippen LogP contribution is 2.25. The lowest BCUT2D eigenvalue weighted by Crippen LogP contribution is -2.13. The number of carbonyl (C=O) groups is 1. The first-order chi connectivity index (χ1) is 15.0. The summed E-state index contributed by atoms with van der Waals surface area (Å²) in [5.41, 5.74) is 4.57. The molecule has 31 heavy (non-hydrogen) atoms. The minimum absolute atomic E-state index is 0.0252. The van der Waals surface area contributed by atoms with Crippen molar-refractivity contribution in [3.05, 3.63) is 107 Å². The zero-order valence-electron chi connectivity index (χ0n) is 17.0. The number of nitriles is 1. The van der Waals surface area contributed by atoms with Crippen molar-refractivity contribution in [2.45, 2.75) is 13.5 Å². The Hall–Kier alpha value is -4.17. The Morgan fingerprint density at radius 3 is 2.61 bits per heavy atom. The molecule has 0 aliphatic heterocycles. The van der Waals surface area contributed by atoms with Gasteiger partial charge in [-0.2, -0.15) is 5.26 Å². The average molecular weight is 409 g/mol. The number of aromatic nitrogens is 1. The fourth-order valence-electron chi connectivity index (χ4n) is 3.56. The Kier molecular flexibility index (Phi) is 5.63. The highest BCUT2D eigenvalue weighted by atomic mass is 19.1. The molecule has 0 bridgehead atoms. The molecule has 0 saturated heterocycles. The smallest absolute Gasteiger partial charge is 0.266 e. The van der Waals surface area contributed by atoms with Crippen LogP contribution in [0.2, 0.25) is 0 Å². The number of nitrogens with zero attached hydrogens (tertiary/aromatic N) is 2. The van der Waals surface area contributed by atoms with Crippen LogP contribution in [0.5, 0.6) is 0 Å². The van der Waals surface area contributed by atoms with E-state index in [2.05, 4.69) is 35.0 Å². The molecular formula is C26H20FN3O. The molecule has 4 nitrogen and oxygen atoms in total. The number of aryl methyl sites for hydroxylation is 1. The number of nitrogens with one attached hydrogen (secondary N) is 1. The van der Waals surface area contributed by atoms with E-state index in [1.807, 2.05) is 42.6 Å². The van der Waals surface area contributed by atoms with Crippen LogP contribution >= 0.6 is 0 Å². The van der Waals surface area contributed by atoms with Crippen LogP contribution in [0.4, 0.5) is 10.1 Å². The van der Waals surface area contributed by atoms with Gasteiger partial charge >= 0.3 is 0 Å². The third kappa shape index (κ3) is 4.54. The van der Waals surface area contributed by atoms with Gasteiger partial charge in [0.15, 0.2) is 0 Å². The SMILES string of the molecule is Cc1cccc(Cn2cc(C=C(C#N)C(=O)Nc3ccc(F)cc3)c3ccccc32)c1. The van der Waals surface area contributed by atoms with Crippen molar-refractivity contribution in [1.29, 1.82) is 5.26 Å². The van der Waals surface area contributed by atoms with Crippen LogP contribution in [0, 0.1) is 24.1 Å². The van der Waals surface area contributed by atoms with Crippen molar-refractivity contribution >= 4 is 28.6 Å². The molecule has 0 aliphatic carbocycles. The third-order valence-corrected chi connectivity index (χ3v) is 5.02. The molecule has 4 rings (SSSR count). The first-order valence-electron chi connectivity index (χ1n) is 9.85. The van der Waals surface area contributed by atoms with E-state index < -0.39 is 11.7 Å². The molecule has 0 radical (unpaired) electrons. The molecule has 5 heteroatoms. The van der Waals surface area contributed by atoms with Gasteiger partial charge in [0.2, 0.25) is 0 Å². The van der Waals surface area contributed by atoms with Crippen LogP contribution in [-0.2, 0) is 11.3 Å². The Bertz CT molecular complexity index is 1330. The number of para-hydroxylation sites is 1. The summed E-state index contributed by atoms with van der Waals surface area (Å²) in [6.45, 7) is 2.74. The lowest BCUT2D eigenvalue weighted by molar-refractivity contribution is -0.112. The standard InChI is InChI=1S/C26H20FN3O/c1-18-5-4-6-19(13-18)16-30-17-21(24-7-2-3-8-25(24)30)14-20(15-28)26(31)29-23-11-9-22(27)10-12-23/h2-14,17H,16H2,1H3,(H,29,31). The van der Waals surface area contributed by atoms with Gasteiger partial charge in [-0.3, -0.25) is 4.79 Å². The van der Waals surface area contributed by atoms with Gasteiger partial charge in [-0.25, -0.2) is 4.39 Å². The van der Waals surface area contributed by atoms with Gasteiger partial charge in [0, 0.05) is 34.9 Å². The van der Waals surface area contributed by atoms with Crippen molar-refractivity contribution in [1.82, 2.24) is 4.57 Å². The van der Waals surface area contributed by atoms with Gasteiger partial charge in [0.1, 0.15) is 17.5 Å². The molecular weight excluding hydrogens is 389 g/mol. The number of benzene rings is 3. The number of fused-ring (bicyclic) bond motifs is 1. The Balaban J connectivity index is 1.67. The Labute approximate surface area is 179 Å². The maximum atomic E-state index is 13.1. The van der Waals surface area contributed by atoms with Crippen molar-refractivity contribution < 1.29 is 9.18 Å². The fraction of sp³-hybridized carbons (Fsp3) is 0.0769. The minimum atomic E-state index is -0.537. The van der Waals surface area contributed by atoms with E-state index in [-0.39, 0.29) is 5.57 Å². The van der Waals surface area contributed by atoms with Crippen molar-refractivity contribution in [2.24, 2.45) is 0 Å². The molecule has 0 atom stereocenters. The number of hydrogen-bond donors (Lipinski definition) is 1. The van der Waals surface area contributed by atoms with Gasteiger partial charge < -0.3 is 9.88 Å². The molecule has 1 heterocycles. The van der Waals surface area contributed by atoms with E-state index in [1.165, 1.54) is 35.4 Å². The lowest BCUT2D eigenvalue weighted by atomic mass is 10.1. The summed E-state index contributed by atoms with van der Waals surface area (Å²) in [7, 11) is 0.